The van der Waals surface area contributed by atoms with Gasteiger partial charge in [-0.15, -0.1) is 0 Å². The number of amides is 2. The summed E-state index contributed by atoms with van der Waals surface area (Å²) >= 11 is 1.67. The van der Waals surface area contributed by atoms with Crippen LogP contribution in [0.5, 0.6) is 5.75 Å². The van der Waals surface area contributed by atoms with Crippen molar-refractivity contribution >= 4 is 29.4 Å². The van der Waals surface area contributed by atoms with Crippen molar-refractivity contribution in [2.45, 2.75) is 13.0 Å². The molecule has 1 atom stereocenters. The Hall–Kier alpha value is -1.89. The maximum absolute atomic E-state index is 12.1. The van der Waals surface area contributed by atoms with Gasteiger partial charge < -0.3 is 20.1 Å². The van der Waals surface area contributed by atoms with Crippen LogP contribution < -0.4 is 10.1 Å². The van der Waals surface area contributed by atoms with Crippen LogP contribution in [0.2, 0.25) is 0 Å². The summed E-state index contributed by atoms with van der Waals surface area (Å²) in [6.07, 6.45) is 1.98. The molecule has 0 heterocycles. The van der Waals surface area contributed by atoms with E-state index in [9.17, 15) is 9.59 Å². The number of carboxylic acid groups (broad SMARTS) is 1. The summed E-state index contributed by atoms with van der Waals surface area (Å²) in [6.45, 7) is 1.96. The Morgan fingerprint density at radius 3 is 2.67 bits per heavy atom. The molecule has 7 heteroatoms. The molecule has 0 aliphatic rings. The molecule has 6 nitrogen and oxygen atoms in total. The number of thioether (sulfide) groups is 1. The Balaban J connectivity index is 2.83. The van der Waals surface area contributed by atoms with Crippen LogP contribution in [-0.2, 0) is 0 Å². The maximum Gasteiger partial charge on any atom is 0.339 e. The van der Waals surface area contributed by atoms with Gasteiger partial charge in [-0.1, -0.05) is 0 Å². The van der Waals surface area contributed by atoms with Gasteiger partial charge in [0.2, 0.25) is 0 Å². The number of hydrogen-bond donors (Lipinski definition) is 2. The minimum absolute atomic E-state index is 0.0552. The number of hydrogen-bond acceptors (Lipinski definition) is 4. The van der Waals surface area contributed by atoms with Crippen LogP contribution >= 0.6 is 11.8 Å². The molecular formula is C14H20N2O4S. The number of anilines is 1. The van der Waals surface area contributed by atoms with Crippen molar-refractivity contribution in [2.24, 2.45) is 0 Å². The molecule has 0 aliphatic heterocycles. The van der Waals surface area contributed by atoms with E-state index in [4.69, 9.17) is 9.84 Å². The van der Waals surface area contributed by atoms with E-state index in [0.29, 0.717) is 5.69 Å². The molecule has 0 bridgehead atoms. The average molecular weight is 312 g/mol. The number of ether oxygens (including phenoxy) is 1. The fourth-order valence-electron chi connectivity index (χ4n) is 1.71. The molecule has 2 N–H and O–H groups in total. The molecule has 116 valence electrons. The van der Waals surface area contributed by atoms with Crippen molar-refractivity contribution in [3.8, 4) is 5.75 Å². The normalized spacial score (nSPS) is 11.6. The molecule has 2 amide bonds. The zero-order chi connectivity index (χ0) is 16.0. The fourth-order valence-corrected chi connectivity index (χ4v) is 2.42. The summed E-state index contributed by atoms with van der Waals surface area (Å²) in [4.78, 5) is 24.7. The van der Waals surface area contributed by atoms with Crippen LogP contribution in [0.25, 0.3) is 0 Å². The Morgan fingerprint density at radius 2 is 2.14 bits per heavy atom. The Bertz CT molecular complexity index is 522. The molecule has 0 radical (unpaired) electrons. The third kappa shape index (κ3) is 4.56. The molecule has 0 fully saturated rings. The number of urea groups is 1. The fraction of sp³-hybridized carbons (Fsp3) is 0.429. The zero-order valence-corrected chi connectivity index (χ0v) is 13.4. The van der Waals surface area contributed by atoms with E-state index >= 15 is 0 Å². The van der Waals surface area contributed by atoms with E-state index in [1.807, 2.05) is 13.2 Å². The van der Waals surface area contributed by atoms with Crippen molar-refractivity contribution in [1.29, 1.82) is 0 Å². The highest BCUT2D eigenvalue weighted by Crippen LogP contribution is 2.23. The van der Waals surface area contributed by atoms with Crippen LogP contribution in [0, 0.1) is 0 Å². The second-order valence-corrected chi connectivity index (χ2v) is 5.48. The van der Waals surface area contributed by atoms with Crippen LogP contribution in [0.1, 0.15) is 17.3 Å². The lowest BCUT2D eigenvalue weighted by Crippen LogP contribution is -2.39. The van der Waals surface area contributed by atoms with E-state index in [-0.39, 0.29) is 23.4 Å². The lowest BCUT2D eigenvalue weighted by Gasteiger charge is -2.24. The van der Waals surface area contributed by atoms with E-state index in [2.05, 4.69) is 5.32 Å². The summed E-state index contributed by atoms with van der Waals surface area (Å²) in [6, 6.07) is 4.29. The molecule has 1 aromatic carbocycles. The van der Waals surface area contributed by atoms with Gasteiger partial charge in [-0.3, -0.25) is 0 Å². The number of methoxy groups -OCH3 is 1. The third-order valence-corrected chi connectivity index (χ3v) is 3.89. The summed E-state index contributed by atoms with van der Waals surface area (Å²) in [5.41, 5.74) is 0.546. The molecule has 1 rings (SSSR count). The molecule has 0 saturated carbocycles. The van der Waals surface area contributed by atoms with Crippen molar-refractivity contribution in [2.75, 3.05) is 31.5 Å². The molecule has 21 heavy (non-hydrogen) atoms. The first kappa shape index (κ1) is 17.2. The summed E-state index contributed by atoms with van der Waals surface area (Å²) in [5.74, 6) is -0.0267. The predicted octanol–water partition coefficient (Wildman–Crippen LogP) is 2.61. The van der Waals surface area contributed by atoms with Crippen molar-refractivity contribution in [1.82, 2.24) is 4.90 Å². The molecular weight excluding hydrogens is 292 g/mol. The van der Waals surface area contributed by atoms with E-state index in [0.717, 1.165) is 5.75 Å². The zero-order valence-electron chi connectivity index (χ0n) is 12.5. The van der Waals surface area contributed by atoms with E-state index in [1.165, 1.54) is 25.3 Å². The summed E-state index contributed by atoms with van der Waals surface area (Å²) in [7, 11) is 3.11. The number of carbonyl (C=O) groups is 2. The first-order chi connectivity index (χ1) is 9.90. The number of benzene rings is 1. The van der Waals surface area contributed by atoms with Gasteiger partial charge in [0.1, 0.15) is 11.3 Å². The van der Waals surface area contributed by atoms with E-state index < -0.39 is 5.97 Å². The second kappa shape index (κ2) is 7.78. The van der Waals surface area contributed by atoms with Gasteiger partial charge in [0, 0.05) is 30.6 Å². The van der Waals surface area contributed by atoms with Gasteiger partial charge in [0.05, 0.1) is 7.11 Å². The van der Waals surface area contributed by atoms with Crippen LogP contribution in [0.15, 0.2) is 18.2 Å². The van der Waals surface area contributed by atoms with Crippen LogP contribution in [0.4, 0.5) is 10.5 Å². The number of carboxylic acids is 1. The highest BCUT2D eigenvalue weighted by atomic mass is 32.2. The number of rotatable bonds is 6. The van der Waals surface area contributed by atoms with Crippen molar-refractivity contribution in [3.63, 3.8) is 0 Å². The molecule has 0 aliphatic carbocycles. The Kier molecular flexibility index (Phi) is 6.36. The number of nitrogens with zero attached hydrogens (tertiary/aromatic N) is 1. The molecule has 0 saturated heterocycles. The standard InChI is InChI=1S/C14H20N2O4S/c1-9(8-21-4)16(2)14(19)15-10-5-6-11(13(17)18)12(7-10)20-3/h5-7,9H,8H2,1-4H3,(H,15,19)(H,17,18). The largest absolute Gasteiger partial charge is 0.496 e. The summed E-state index contributed by atoms with van der Waals surface area (Å²) in [5, 5.41) is 11.7. The van der Waals surface area contributed by atoms with E-state index in [1.54, 1.807) is 23.7 Å². The summed E-state index contributed by atoms with van der Waals surface area (Å²) < 4.78 is 5.03. The number of carbonyl (C=O) groups excluding carboxylic acids is 1. The SMILES string of the molecule is COc1cc(NC(=O)N(C)C(C)CSC)ccc1C(=O)O. The lowest BCUT2D eigenvalue weighted by molar-refractivity contribution is 0.0693. The number of aromatic carboxylic acids is 1. The highest BCUT2D eigenvalue weighted by molar-refractivity contribution is 7.98. The monoisotopic (exact) mass is 312 g/mol. The molecule has 0 spiro atoms. The third-order valence-electron chi connectivity index (χ3n) is 3.07. The molecule has 0 aromatic heterocycles. The van der Waals surface area contributed by atoms with Crippen LogP contribution in [0.3, 0.4) is 0 Å². The van der Waals surface area contributed by atoms with Gasteiger partial charge in [0.15, 0.2) is 0 Å². The first-order valence-electron chi connectivity index (χ1n) is 6.34. The lowest BCUT2D eigenvalue weighted by atomic mass is 10.2. The van der Waals surface area contributed by atoms with Gasteiger partial charge in [-0.25, -0.2) is 9.59 Å². The highest BCUT2D eigenvalue weighted by Gasteiger charge is 2.17. The predicted molar refractivity (Wildman–Crippen MR) is 84.6 cm³/mol. The van der Waals surface area contributed by atoms with Gasteiger partial charge in [-0.05, 0) is 25.3 Å². The van der Waals surface area contributed by atoms with Crippen LogP contribution in [-0.4, -0.2) is 54.2 Å². The second-order valence-electron chi connectivity index (χ2n) is 4.57. The first-order valence-corrected chi connectivity index (χ1v) is 7.74. The Labute approximate surface area is 128 Å². The molecule has 1 aromatic rings. The van der Waals surface area contributed by atoms with Crippen molar-refractivity contribution in [3.05, 3.63) is 23.8 Å². The topological polar surface area (TPSA) is 78.9 Å². The maximum atomic E-state index is 12.1. The minimum Gasteiger partial charge on any atom is -0.496 e. The van der Waals surface area contributed by atoms with Gasteiger partial charge in [-0.2, -0.15) is 11.8 Å². The van der Waals surface area contributed by atoms with Crippen molar-refractivity contribution < 1.29 is 19.4 Å². The smallest absolute Gasteiger partial charge is 0.339 e. The van der Waals surface area contributed by atoms with Gasteiger partial charge in [0.25, 0.3) is 0 Å². The Morgan fingerprint density at radius 1 is 1.48 bits per heavy atom. The minimum atomic E-state index is -1.07. The average Bonchev–Trinajstić information content (AvgIpc) is 2.46. The van der Waals surface area contributed by atoms with Gasteiger partial charge >= 0.3 is 12.0 Å². The quantitative estimate of drug-likeness (QED) is 0.844. The number of nitrogens with one attached hydrogen (secondary N) is 1. The molecule has 1 unspecified atom stereocenters.